The second-order valence-corrected chi connectivity index (χ2v) is 2.17. The molecule has 1 N–H and O–H groups in total. The molecule has 5 nitrogen and oxygen atoms in total. The normalized spacial score (nSPS) is 24.2. The Labute approximate surface area is 64.3 Å². The molecular formula is C6H10N2O3. The lowest BCUT2D eigenvalue weighted by molar-refractivity contribution is -0.132. The quantitative estimate of drug-likeness (QED) is 0.553. The molecule has 1 fully saturated rings. The lowest BCUT2D eigenvalue weighted by Gasteiger charge is -2.17. The summed E-state index contributed by atoms with van der Waals surface area (Å²) in [6.07, 6.45) is -0.743. The van der Waals surface area contributed by atoms with Gasteiger partial charge >= 0.3 is 6.03 Å². The molecule has 0 spiro atoms. The van der Waals surface area contributed by atoms with Gasteiger partial charge in [0.1, 0.15) is 0 Å². The van der Waals surface area contributed by atoms with Crippen molar-refractivity contribution in [2.45, 2.75) is 13.2 Å². The third-order valence-electron chi connectivity index (χ3n) is 1.56. The Bertz CT molecular complexity index is 172. The van der Waals surface area contributed by atoms with Crippen molar-refractivity contribution in [1.29, 1.82) is 0 Å². The SMILES string of the molecule is CCN1C(=O)NC(=O)C1OC. The highest BCUT2D eigenvalue weighted by molar-refractivity contribution is 6.03. The van der Waals surface area contributed by atoms with Gasteiger partial charge in [-0.25, -0.2) is 4.79 Å². The predicted octanol–water partition coefficient (Wildman–Crippen LogP) is -0.469. The van der Waals surface area contributed by atoms with Gasteiger partial charge in [0.05, 0.1) is 0 Å². The van der Waals surface area contributed by atoms with Crippen molar-refractivity contribution < 1.29 is 14.3 Å². The number of carbonyl (C=O) groups excluding carboxylic acids is 2. The molecule has 0 aliphatic carbocycles. The molecule has 5 heteroatoms. The van der Waals surface area contributed by atoms with Crippen molar-refractivity contribution in [3.05, 3.63) is 0 Å². The smallest absolute Gasteiger partial charge is 0.326 e. The van der Waals surface area contributed by atoms with Crippen LogP contribution in [-0.2, 0) is 9.53 Å². The summed E-state index contributed by atoms with van der Waals surface area (Å²) < 4.78 is 4.79. The molecule has 1 heterocycles. The molecule has 62 valence electrons. The third-order valence-corrected chi connectivity index (χ3v) is 1.56. The first kappa shape index (κ1) is 8.00. The van der Waals surface area contributed by atoms with Crippen LogP contribution >= 0.6 is 0 Å². The van der Waals surface area contributed by atoms with Gasteiger partial charge in [0.15, 0.2) is 0 Å². The van der Waals surface area contributed by atoms with E-state index in [0.29, 0.717) is 6.54 Å². The molecule has 1 rings (SSSR count). The summed E-state index contributed by atoms with van der Waals surface area (Å²) in [5, 5.41) is 2.14. The summed E-state index contributed by atoms with van der Waals surface area (Å²) >= 11 is 0. The number of urea groups is 1. The fourth-order valence-corrected chi connectivity index (χ4v) is 1.03. The molecule has 0 aromatic carbocycles. The van der Waals surface area contributed by atoms with Crippen LogP contribution in [0.1, 0.15) is 6.92 Å². The Balaban J connectivity index is 2.74. The van der Waals surface area contributed by atoms with E-state index in [1.54, 1.807) is 6.92 Å². The van der Waals surface area contributed by atoms with Gasteiger partial charge in [0.25, 0.3) is 5.91 Å². The van der Waals surface area contributed by atoms with Gasteiger partial charge in [-0.15, -0.1) is 0 Å². The number of amides is 3. The Morgan fingerprint density at radius 1 is 1.64 bits per heavy atom. The number of hydrogen-bond donors (Lipinski definition) is 1. The monoisotopic (exact) mass is 158 g/mol. The summed E-state index contributed by atoms with van der Waals surface area (Å²) in [6.45, 7) is 2.25. The zero-order chi connectivity index (χ0) is 8.43. The maximum absolute atomic E-state index is 10.9. The molecule has 1 saturated heterocycles. The van der Waals surface area contributed by atoms with Gasteiger partial charge in [-0.1, -0.05) is 0 Å². The zero-order valence-corrected chi connectivity index (χ0v) is 6.46. The molecule has 1 atom stereocenters. The maximum atomic E-state index is 10.9. The average Bonchev–Trinajstić information content (AvgIpc) is 2.24. The molecule has 0 radical (unpaired) electrons. The lowest BCUT2D eigenvalue weighted by atomic mass is 10.5. The van der Waals surface area contributed by atoms with Gasteiger partial charge in [-0.2, -0.15) is 0 Å². The van der Waals surface area contributed by atoms with Crippen LogP contribution in [-0.4, -0.2) is 36.7 Å². The number of nitrogens with zero attached hydrogens (tertiary/aromatic N) is 1. The molecule has 0 aromatic rings. The van der Waals surface area contributed by atoms with Crippen LogP contribution in [0, 0.1) is 0 Å². The highest BCUT2D eigenvalue weighted by Gasteiger charge is 2.37. The van der Waals surface area contributed by atoms with E-state index < -0.39 is 6.23 Å². The van der Waals surface area contributed by atoms with Crippen LogP contribution in [0.5, 0.6) is 0 Å². The van der Waals surface area contributed by atoms with Gasteiger partial charge in [0, 0.05) is 13.7 Å². The van der Waals surface area contributed by atoms with Crippen molar-refractivity contribution in [3.8, 4) is 0 Å². The largest absolute Gasteiger partial charge is 0.353 e. The van der Waals surface area contributed by atoms with E-state index in [2.05, 4.69) is 5.32 Å². The van der Waals surface area contributed by atoms with Crippen LogP contribution in [0.15, 0.2) is 0 Å². The zero-order valence-electron chi connectivity index (χ0n) is 6.46. The molecule has 11 heavy (non-hydrogen) atoms. The topological polar surface area (TPSA) is 58.6 Å². The summed E-state index contributed by atoms with van der Waals surface area (Å²) in [5.41, 5.74) is 0. The van der Waals surface area contributed by atoms with E-state index in [1.165, 1.54) is 12.0 Å². The van der Waals surface area contributed by atoms with Crippen LogP contribution in [0.25, 0.3) is 0 Å². The Morgan fingerprint density at radius 2 is 2.27 bits per heavy atom. The first-order chi connectivity index (χ1) is 5.20. The van der Waals surface area contributed by atoms with Crippen LogP contribution in [0.3, 0.4) is 0 Å². The molecule has 1 aliphatic heterocycles. The number of rotatable bonds is 2. The number of nitrogens with one attached hydrogen (secondary N) is 1. The third kappa shape index (κ3) is 1.19. The Morgan fingerprint density at radius 3 is 2.64 bits per heavy atom. The molecular weight excluding hydrogens is 148 g/mol. The number of imide groups is 1. The number of carbonyl (C=O) groups is 2. The first-order valence-electron chi connectivity index (χ1n) is 3.35. The number of ether oxygens (including phenoxy) is 1. The van der Waals surface area contributed by atoms with Crippen LogP contribution in [0.2, 0.25) is 0 Å². The summed E-state index contributed by atoms with van der Waals surface area (Å²) in [6, 6.07) is -0.385. The van der Waals surface area contributed by atoms with Crippen LogP contribution < -0.4 is 5.32 Å². The molecule has 3 amide bonds. The summed E-state index contributed by atoms with van der Waals surface area (Å²) in [4.78, 5) is 23.1. The van der Waals surface area contributed by atoms with Crippen LogP contribution in [0.4, 0.5) is 4.79 Å². The minimum atomic E-state index is -0.743. The fraction of sp³-hybridized carbons (Fsp3) is 0.667. The highest BCUT2D eigenvalue weighted by Crippen LogP contribution is 2.07. The minimum Gasteiger partial charge on any atom is -0.353 e. The standard InChI is InChI=1S/C6H10N2O3/c1-3-8-5(11-2)4(9)7-6(8)10/h5H,3H2,1-2H3,(H,7,9,10). The van der Waals surface area contributed by atoms with E-state index in [-0.39, 0.29) is 11.9 Å². The lowest BCUT2D eigenvalue weighted by Crippen LogP contribution is -2.36. The molecule has 0 bridgehead atoms. The van der Waals surface area contributed by atoms with Crippen molar-refractivity contribution in [2.75, 3.05) is 13.7 Å². The number of likely N-dealkylation sites (N-methyl/N-ethyl adjacent to an activating group) is 1. The second-order valence-electron chi connectivity index (χ2n) is 2.17. The average molecular weight is 158 g/mol. The molecule has 0 aromatic heterocycles. The van der Waals surface area contributed by atoms with Crippen molar-refractivity contribution in [3.63, 3.8) is 0 Å². The van der Waals surface area contributed by atoms with E-state index in [4.69, 9.17) is 4.74 Å². The molecule has 1 unspecified atom stereocenters. The van der Waals surface area contributed by atoms with Crippen molar-refractivity contribution in [2.24, 2.45) is 0 Å². The van der Waals surface area contributed by atoms with Crippen molar-refractivity contribution in [1.82, 2.24) is 10.2 Å². The van der Waals surface area contributed by atoms with Crippen molar-refractivity contribution >= 4 is 11.9 Å². The second kappa shape index (κ2) is 2.87. The van der Waals surface area contributed by atoms with Gasteiger partial charge in [0.2, 0.25) is 6.23 Å². The van der Waals surface area contributed by atoms with Gasteiger partial charge in [-0.05, 0) is 6.92 Å². The molecule has 1 aliphatic rings. The Hall–Kier alpha value is -1.10. The Kier molecular flexibility index (Phi) is 2.09. The van der Waals surface area contributed by atoms with E-state index in [1.807, 2.05) is 0 Å². The van der Waals surface area contributed by atoms with E-state index in [9.17, 15) is 9.59 Å². The fourth-order valence-electron chi connectivity index (χ4n) is 1.03. The maximum Gasteiger partial charge on any atom is 0.326 e. The summed E-state index contributed by atoms with van der Waals surface area (Å²) in [5.74, 6) is -0.389. The van der Waals surface area contributed by atoms with Gasteiger partial charge in [-0.3, -0.25) is 15.0 Å². The first-order valence-corrected chi connectivity index (χ1v) is 3.35. The minimum absolute atomic E-state index is 0.385. The number of hydrogen-bond acceptors (Lipinski definition) is 3. The summed E-state index contributed by atoms with van der Waals surface area (Å²) in [7, 11) is 1.39. The highest BCUT2D eigenvalue weighted by atomic mass is 16.5. The van der Waals surface area contributed by atoms with E-state index in [0.717, 1.165) is 0 Å². The number of methoxy groups -OCH3 is 1. The predicted molar refractivity (Wildman–Crippen MR) is 36.7 cm³/mol. The molecule has 0 saturated carbocycles. The van der Waals surface area contributed by atoms with Gasteiger partial charge < -0.3 is 4.74 Å². The van der Waals surface area contributed by atoms with E-state index >= 15 is 0 Å².